The number of aromatic nitrogens is 1. The molecule has 4 aromatic rings. The van der Waals surface area contributed by atoms with Crippen LogP contribution in [0.5, 0.6) is 17.2 Å². The Morgan fingerprint density at radius 1 is 1.02 bits per heavy atom. The number of benzene rings is 3. The number of allylic oxidation sites excluding steroid dienone is 1. The molecule has 0 saturated carbocycles. The van der Waals surface area contributed by atoms with Crippen molar-refractivity contribution in [1.29, 1.82) is 0 Å². The molecule has 2 heterocycles. The third-order valence-corrected chi connectivity index (χ3v) is 8.71. The zero-order valence-corrected chi connectivity index (χ0v) is 26.4. The average Bonchev–Trinajstić information content (AvgIpc) is 3.30. The maximum Gasteiger partial charge on any atom is 0.338 e. The second-order valence-corrected chi connectivity index (χ2v) is 11.4. The summed E-state index contributed by atoms with van der Waals surface area (Å²) in [6, 6.07) is 14.5. The van der Waals surface area contributed by atoms with Crippen LogP contribution >= 0.6 is 27.3 Å². The molecular formula is C32H31BrN2O6S. The first kappa shape index (κ1) is 29.6. The maximum atomic E-state index is 14.3. The van der Waals surface area contributed by atoms with Crippen molar-refractivity contribution in [3.63, 3.8) is 0 Å². The molecule has 0 aliphatic carbocycles. The third kappa shape index (κ3) is 5.25. The molecular weight excluding hydrogens is 620 g/mol. The molecule has 5 rings (SSSR count). The van der Waals surface area contributed by atoms with E-state index in [0.29, 0.717) is 55.4 Å². The van der Waals surface area contributed by atoms with Crippen molar-refractivity contribution >= 4 is 50.1 Å². The minimum atomic E-state index is -0.811. The van der Waals surface area contributed by atoms with Crippen LogP contribution in [-0.4, -0.2) is 38.5 Å². The van der Waals surface area contributed by atoms with E-state index in [-0.39, 0.29) is 12.2 Å². The van der Waals surface area contributed by atoms with Crippen molar-refractivity contribution in [3.05, 3.63) is 95.1 Å². The average molecular weight is 652 g/mol. The summed E-state index contributed by atoms with van der Waals surface area (Å²) in [5.74, 6) is 1.22. The molecule has 0 saturated heterocycles. The summed E-state index contributed by atoms with van der Waals surface area (Å²) in [6.07, 6.45) is 3.08. The van der Waals surface area contributed by atoms with Crippen LogP contribution in [0.15, 0.2) is 74.1 Å². The lowest BCUT2D eigenvalue weighted by atomic mass is 9.90. The van der Waals surface area contributed by atoms with Gasteiger partial charge in [0.05, 0.1) is 48.2 Å². The van der Waals surface area contributed by atoms with Gasteiger partial charge in [-0.25, -0.2) is 9.79 Å². The Bertz CT molecular complexity index is 1890. The summed E-state index contributed by atoms with van der Waals surface area (Å²) < 4.78 is 25.2. The van der Waals surface area contributed by atoms with E-state index < -0.39 is 12.0 Å². The van der Waals surface area contributed by atoms with E-state index in [9.17, 15) is 9.59 Å². The number of halogens is 1. The van der Waals surface area contributed by atoms with E-state index in [1.54, 1.807) is 45.0 Å². The van der Waals surface area contributed by atoms with Crippen molar-refractivity contribution in [1.82, 2.24) is 4.57 Å². The van der Waals surface area contributed by atoms with Crippen molar-refractivity contribution in [2.24, 2.45) is 4.99 Å². The van der Waals surface area contributed by atoms with Crippen LogP contribution in [0.3, 0.4) is 0 Å². The van der Waals surface area contributed by atoms with Gasteiger partial charge in [0.25, 0.3) is 5.56 Å². The van der Waals surface area contributed by atoms with Gasteiger partial charge in [0.15, 0.2) is 4.80 Å². The van der Waals surface area contributed by atoms with E-state index in [2.05, 4.69) is 15.9 Å². The predicted octanol–water partition coefficient (Wildman–Crippen LogP) is 5.52. The summed E-state index contributed by atoms with van der Waals surface area (Å²) in [5, 5.41) is 1.83. The molecule has 0 fully saturated rings. The monoisotopic (exact) mass is 650 g/mol. The van der Waals surface area contributed by atoms with Gasteiger partial charge in [0.1, 0.15) is 23.3 Å². The molecule has 218 valence electrons. The normalized spacial score (nSPS) is 14.9. The van der Waals surface area contributed by atoms with Crippen molar-refractivity contribution in [2.75, 3.05) is 27.9 Å². The van der Waals surface area contributed by atoms with Gasteiger partial charge < -0.3 is 18.9 Å². The summed E-state index contributed by atoms with van der Waals surface area (Å²) in [5.41, 5.74) is 2.06. The molecule has 42 heavy (non-hydrogen) atoms. The lowest BCUT2D eigenvalue weighted by Gasteiger charge is -2.28. The van der Waals surface area contributed by atoms with Crippen LogP contribution in [0.2, 0.25) is 0 Å². The summed E-state index contributed by atoms with van der Waals surface area (Å²) in [7, 11) is 4.73. The highest BCUT2D eigenvalue weighted by molar-refractivity contribution is 9.10. The highest BCUT2D eigenvalue weighted by atomic mass is 79.9. The number of methoxy groups -OCH3 is 3. The Labute approximate surface area is 255 Å². The smallest absolute Gasteiger partial charge is 0.338 e. The quantitative estimate of drug-likeness (QED) is 0.222. The van der Waals surface area contributed by atoms with Crippen LogP contribution in [0, 0.1) is 0 Å². The molecule has 1 unspecified atom stereocenters. The van der Waals surface area contributed by atoms with Crippen molar-refractivity contribution in [3.8, 4) is 17.2 Å². The number of hydrogen-bond donors (Lipinski definition) is 0. The molecule has 0 spiro atoms. The predicted molar refractivity (Wildman–Crippen MR) is 167 cm³/mol. The third-order valence-electron chi connectivity index (χ3n) is 7.11. The number of ether oxygens (including phenoxy) is 4. The van der Waals surface area contributed by atoms with E-state index in [1.807, 2.05) is 49.4 Å². The molecule has 0 bridgehead atoms. The summed E-state index contributed by atoms with van der Waals surface area (Å²) >= 11 is 4.80. The van der Waals surface area contributed by atoms with Crippen molar-refractivity contribution in [2.45, 2.75) is 32.7 Å². The number of carbonyl (C=O) groups excluding carboxylic acids is 1. The standard InChI is InChI=1S/C32H31BrN2O6S/c1-6-10-22-28(31(37)41-7-2)29(27-20-12-9-8-11-18(20)13-14-23(27)38-3)35-30(36)26(42-32(35)34-22)16-19-15-21(33)25(40-5)17-24(19)39-4/h8-9,11-17,29H,6-7,10H2,1-5H3/b26-16-. The fourth-order valence-electron chi connectivity index (χ4n) is 5.27. The zero-order chi connectivity index (χ0) is 30.0. The fourth-order valence-corrected chi connectivity index (χ4v) is 6.80. The van der Waals surface area contributed by atoms with Crippen LogP contribution < -0.4 is 29.1 Å². The van der Waals surface area contributed by atoms with Gasteiger partial charge in [0.2, 0.25) is 0 Å². The topological polar surface area (TPSA) is 88.4 Å². The lowest BCUT2D eigenvalue weighted by Crippen LogP contribution is -2.40. The molecule has 1 aromatic heterocycles. The van der Waals surface area contributed by atoms with E-state index >= 15 is 0 Å². The SMILES string of the molecule is CCCC1=C(C(=O)OCC)C(c2c(OC)ccc3ccccc23)n2c(s/c(=C\c3cc(Br)c(OC)cc3OC)c2=O)=N1. The molecule has 0 radical (unpaired) electrons. The van der Waals surface area contributed by atoms with E-state index in [0.717, 1.165) is 21.7 Å². The van der Waals surface area contributed by atoms with Gasteiger partial charge in [-0.3, -0.25) is 9.36 Å². The Balaban J connectivity index is 1.87. The molecule has 1 aliphatic heterocycles. The number of hydrogen-bond acceptors (Lipinski definition) is 8. The van der Waals surface area contributed by atoms with Crippen LogP contribution in [-0.2, 0) is 9.53 Å². The highest BCUT2D eigenvalue weighted by Gasteiger charge is 2.37. The number of nitrogens with zero attached hydrogens (tertiary/aromatic N) is 2. The highest BCUT2D eigenvalue weighted by Crippen LogP contribution is 2.41. The van der Waals surface area contributed by atoms with Crippen LogP contribution in [0.1, 0.15) is 43.9 Å². The van der Waals surface area contributed by atoms with Gasteiger partial charge in [-0.1, -0.05) is 55.0 Å². The second-order valence-electron chi connectivity index (χ2n) is 9.54. The molecule has 8 nitrogen and oxygen atoms in total. The lowest BCUT2D eigenvalue weighted by molar-refractivity contribution is -0.139. The van der Waals surface area contributed by atoms with Crippen LogP contribution in [0.4, 0.5) is 0 Å². The Morgan fingerprint density at radius 2 is 1.76 bits per heavy atom. The van der Waals surface area contributed by atoms with Gasteiger partial charge in [-0.05, 0) is 58.3 Å². The van der Waals surface area contributed by atoms with E-state index in [4.69, 9.17) is 23.9 Å². The fraction of sp³-hybridized carbons (Fsp3) is 0.281. The van der Waals surface area contributed by atoms with Gasteiger partial charge in [-0.15, -0.1) is 0 Å². The first-order valence-electron chi connectivity index (χ1n) is 13.6. The molecule has 0 N–H and O–H groups in total. The zero-order valence-electron chi connectivity index (χ0n) is 24.0. The minimum absolute atomic E-state index is 0.192. The first-order chi connectivity index (χ1) is 20.4. The summed E-state index contributed by atoms with van der Waals surface area (Å²) in [4.78, 5) is 33.4. The molecule has 0 amide bonds. The van der Waals surface area contributed by atoms with Crippen LogP contribution in [0.25, 0.3) is 16.8 Å². The first-order valence-corrected chi connectivity index (χ1v) is 15.2. The summed E-state index contributed by atoms with van der Waals surface area (Å²) in [6.45, 7) is 3.99. The van der Waals surface area contributed by atoms with Gasteiger partial charge >= 0.3 is 5.97 Å². The van der Waals surface area contributed by atoms with Gasteiger partial charge in [0, 0.05) is 17.2 Å². The maximum absolute atomic E-state index is 14.3. The number of fused-ring (bicyclic) bond motifs is 2. The number of esters is 1. The molecule has 3 aromatic carbocycles. The number of carbonyl (C=O) groups is 1. The molecule has 1 atom stereocenters. The van der Waals surface area contributed by atoms with E-state index in [1.165, 1.54) is 11.3 Å². The molecule has 10 heteroatoms. The Hall–Kier alpha value is -3.89. The Morgan fingerprint density at radius 3 is 2.45 bits per heavy atom. The molecule has 1 aliphatic rings. The Kier molecular flexibility index (Phi) is 8.84. The number of rotatable bonds is 9. The minimum Gasteiger partial charge on any atom is -0.496 e. The van der Waals surface area contributed by atoms with Crippen molar-refractivity contribution < 1.29 is 23.7 Å². The second kappa shape index (κ2) is 12.5. The number of thiazole rings is 1. The largest absolute Gasteiger partial charge is 0.496 e. The van der Waals surface area contributed by atoms with Gasteiger partial charge in [-0.2, -0.15) is 0 Å².